The van der Waals surface area contributed by atoms with Gasteiger partial charge in [0.05, 0.1) is 29.4 Å². The molecule has 3 heterocycles. The molecule has 5 aromatic rings. The number of nitrogens with one attached hydrogen (secondary N) is 1. The molecule has 39 heavy (non-hydrogen) atoms. The molecule has 0 aliphatic carbocycles. The summed E-state index contributed by atoms with van der Waals surface area (Å²) >= 11 is 6.85. The van der Waals surface area contributed by atoms with E-state index >= 15 is 0 Å². The lowest BCUT2D eigenvalue weighted by Gasteiger charge is -2.13. The molecule has 200 valence electrons. The van der Waals surface area contributed by atoms with Crippen molar-refractivity contribution in [2.24, 2.45) is 0 Å². The molecule has 0 bridgehead atoms. The molecule has 3 aromatic carbocycles. The first-order chi connectivity index (χ1) is 19.0. The van der Waals surface area contributed by atoms with Crippen molar-refractivity contribution in [2.75, 3.05) is 13.2 Å². The van der Waals surface area contributed by atoms with Gasteiger partial charge in [0.15, 0.2) is 0 Å². The van der Waals surface area contributed by atoms with Gasteiger partial charge in [-0.25, -0.2) is 4.79 Å². The van der Waals surface area contributed by atoms with E-state index in [2.05, 4.69) is 28.4 Å². The lowest BCUT2D eigenvalue weighted by atomic mass is 9.98. The normalized spacial score (nSPS) is 13.8. The third-order valence-corrected chi connectivity index (χ3v) is 7.81. The molecule has 8 heteroatoms. The van der Waals surface area contributed by atoms with Crippen molar-refractivity contribution >= 4 is 39.2 Å². The van der Waals surface area contributed by atoms with Crippen LogP contribution in [0.25, 0.3) is 32.8 Å². The summed E-state index contributed by atoms with van der Waals surface area (Å²) in [5.41, 5.74) is 5.32. The summed E-state index contributed by atoms with van der Waals surface area (Å²) in [6.07, 6.45) is 2.85. The fourth-order valence-corrected chi connectivity index (χ4v) is 6.01. The summed E-state index contributed by atoms with van der Waals surface area (Å²) in [4.78, 5) is 12.7. The number of H-pyrrole nitrogens is 1. The van der Waals surface area contributed by atoms with Crippen molar-refractivity contribution in [1.29, 1.82) is 0 Å². The minimum atomic E-state index is -0.937. The molecule has 0 amide bonds. The number of carboxylic acids is 1. The fourth-order valence-electron chi connectivity index (χ4n) is 5.76. The zero-order valence-electron chi connectivity index (χ0n) is 21.8. The summed E-state index contributed by atoms with van der Waals surface area (Å²) in [7, 11) is 0. The Kier molecular flexibility index (Phi) is 7.02. The predicted octanol–water partition coefficient (Wildman–Crippen LogP) is 7.17. The molecule has 0 saturated heterocycles. The van der Waals surface area contributed by atoms with E-state index < -0.39 is 5.97 Å². The van der Waals surface area contributed by atoms with Crippen LogP contribution >= 0.6 is 11.6 Å². The number of benzene rings is 3. The minimum Gasteiger partial charge on any atom is -0.493 e. The van der Waals surface area contributed by atoms with Crippen LogP contribution in [0.3, 0.4) is 0 Å². The molecule has 0 unspecified atom stereocenters. The van der Waals surface area contributed by atoms with Gasteiger partial charge in [-0.05, 0) is 55.7 Å². The lowest BCUT2D eigenvalue weighted by Crippen LogP contribution is -2.12. The van der Waals surface area contributed by atoms with Gasteiger partial charge < -0.3 is 19.1 Å². The number of hydrogen-bond acceptors (Lipinski definition) is 4. The Labute approximate surface area is 231 Å². The number of carboxylic acid groups (broad SMARTS) is 1. The maximum absolute atomic E-state index is 12.7. The number of aryl methyl sites for hydroxylation is 3. The van der Waals surface area contributed by atoms with Crippen LogP contribution in [0.4, 0.5) is 0 Å². The van der Waals surface area contributed by atoms with E-state index in [0.717, 1.165) is 68.3 Å². The number of aromatic nitrogens is 3. The molecule has 0 radical (unpaired) electrons. The van der Waals surface area contributed by atoms with Gasteiger partial charge in [0.1, 0.15) is 11.4 Å². The van der Waals surface area contributed by atoms with Gasteiger partial charge in [-0.2, -0.15) is 5.10 Å². The van der Waals surface area contributed by atoms with E-state index in [1.807, 2.05) is 47.9 Å². The number of nitrogens with zero attached hydrogens (tertiary/aromatic N) is 2. The minimum absolute atomic E-state index is 0.321. The molecule has 0 fully saturated rings. The van der Waals surface area contributed by atoms with Gasteiger partial charge in [-0.3, -0.25) is 5.10 Å². The Hall–Kier alpha value is -3.81. The van der Waals surface area contributed by atoms with Crippen molar-refractivity contribution in [3.63, 3.8) is 0 Å². The number of ether oxygens (including phenoxy) is 2. The number of carbonyl (C=O) groups is 1. The first kappa shape index (κ1) is 25.5. The van der Waals surface area contributed by atoms with Crippen LogP contribution < -0.4 is 4.74 Å². The number of halogens is 1. The lowest BCUT2D eigenvalue weighted by molar-refractivity contribution is 0.0683. The van der Waals surface area contributed by atoms with E-state index in [9.17, 15) is 9.90 Å². The predicted molar refractivity (Wildman–Crippen MR) is 153 cm³/mol. The zero-order valence-corrected chi connectivity index (χ0v) is 22.6. The average Bonchev–Trinajstić information content (AvgIpc) is 3.44. The molecule has 2 aromatic heterocycles. The molecule has 0 atom stereocenters. The summed E-state index contributed by atoms with van der Waals surface area (Å²) in [6, 6.07) is 18.0. The van der Waals surface area contributed by atoms with Gasteiger partial charge in [-0.15, -0.1) is 0 Å². The summed E-state index contributed by atoms with van der Waals surface area (Å²) in [5, 5.41) is 21.7. The third-order valence-electron chi connectivity index (χ3n) is 7.49. The second-order valence-electron chi connectivity index (χ2n) is 9.96. The maximum Gasteiger partial charge on any atom is 0.352 e. The van der Waals surface area contributed by atoms with E-state index in [4.69, 9.17) is 21.1 Å². The zero-order chi connectivity index (χ0) is 26.9. The monoisotopic (exact) mass is 543 g/mol. The summed E-state index contributed by atoms with van der Waals surface area (Å²) < 4.78 is 14.0. The van der Waals surface area contributed by atoms with Crippen molar-refractivity contribution in [1.82, 2.24) is 14.8 Å². The molecule has 1 aliphatic rings. The molecule has 0 saturated carbocycles. The van der Waals surface area contributed by atoms with Gasteiger partial charge >= 0.3 is 5.97 Å². The average molecular weight is 544 g/mol. The highest BCUT2D eigenvalue weighted by Crippen LogP contribution is 2.42. The van der Waals surface area contributed by atoms with E-state index in [0.29, 0.717) is 49.9 Å². The fraction of sp³-hybridized carbons (Fsp3) is 0.290. The van der Waals surface area contributed by atoms with Gasteiger partial charge in [-0.1, -0.05) is 54.1 Å². The molecule has 7 nitrogen and oxygen atoms in total. The van der Waals surface area contributed by atoms with Gasteiger partial charge in [0.2, 0.25) is 0 Å². The van der Waals surface area contributed by atoms with Crippen molar-refractivity contribution < 1.29 is 19.4 Å². The van der Waals surface area contributed by atoms with Gasteiger partial charge in [0.25, 0.3) is 0 Å². The van der Waals surface area contributed by atoms with Crippen molar-refractivity contribution in [3.8, 4) is 16.9 Å². The van der Waals surface area contributed by atoms with E-state index in [1.165, 1.54) is 0 Å². The second-order valence-corrected chi connectivity index (χ2v) is 10.4. The molecule has 6 rings (SSSR count). The Morgan fingerprint density at radius 1 is 1.10 bits per heavy atom. The van der Waals surface area contributed by atoms with Crippen LogP contribution in [0.1, 0.15) is 46.7 Å². The molecule has 2 N–H and O–H groups in total. The van der Waals surface area contributed by atoms with Gasteiger partial charge in [0, 0.05) is 40.7 Å². The number of hydrogen-bond donors (Lipinski definition) is 2. The van der Waals surface area contributed by atoms with Crippen LogP contribution in [0.15, 0.2) is 54.6 Å². The van der Waals surface area contributed by atoms with Crippen molar-refractivity contribution in [2.45, 2.75) is 45.8 Å². The highest BCUT2D eigenvalue weighted by Gasteiger charge is 2.28. The molecular weight excluding hydrogens is 514 g/mol. The third kappa shape index (κ3) is 4.66. The van der Waals surface area contributed by atoms with Crippen LogP contribution in [0, 0.1) is 6.92 Å². The number of aromatic carboxylic acids is 1. The number of fused-ring (bicyclic) bond motifs is 3. The Morgan fingerprint density at radius 2 is 1.95 bits per heavy atom. The Balaban J connectivity index is 1.41. The Bertz CT molecular complexity index is 1680. The standard InChI is InChI=1S/C31H30ClN3O4/c1-19-27-25(34-33-19)18-38-16-5-4-15-35-29-23(13-14-24(32)28(27)29)22(30(35)31(36)37)11-7-17-39-26-12-6-9-20-8-2-3-10-21(20)26/h2-3,6,8-10,12-14H,4-5,7,11,15-18H2,1H3,(H,33,34)(H,36,37). The van der Waals surface area contributed by atoms with Crippen LogP contribution in [-0.2, 0) is 24.3 Å². The largest absolute Gasteiger partial charge is 0.493 e. The topological polar surface area (TPSA) is 89.4 Å². The van der Waals surface area contributed by atoms with Crippen LogP contribution in [-0.4, -0.2) is 39.1 Å². The van der Waals surface area contributed by atoms with E-state index in [-0.39, 0.29) is 0 Å². The summed E-state index contributed by atoms with van der Waals surface area (Å²) in [5.74, 6) is -0.101. The highest BCUT2D eigenvalue weighted by atomic mass is 35.5. The number of aromatic amines is 1. The summed E-state index contributed by atoms with van der Waals surface area (Å²) in [6.45, 7) is 3.95. The first-order valence-electron chi connectivity index (χ1n) is 13.3. The molecule has 1 aliphatic heterocycles. The van der Waals surface area contributed by atoms with Crippen molar-refractivity contribution in [3.05, 3.63) is 82.3 Å². The van der Waals surface area contributed by atoms with Crippen LogP contribution in [0.2, 0.25) is 5.02 Å². The van der Waals surface area contributed by atoms with E-state index in [1.54, 1.807) is 0 Å². The SMILES string of the molecule is Cc1[nH]nc2c1-c1c(Cl)ccc3c(CCCOc4cccc5ccccc45)c(C(=O)O)n(c13)CCCCOC2. The second kappa shape index (κ2) is 10.8. The number of rotatable bonds is 6. The highest BCUT2D eigenvalue weighted by molar-refractivity contribution is 6.35. The maximum atomic E-state index is 12.7. The Morgan fingerprint density at radius 3 is 2.82 bits per heavy atom. The smallest absolute Gasteiger partial charge is 0.352 e. The first-order valence-corrected chi connectivity index (χ1v) is 13.7. The molecule has 0 spiro atoms. The molecular formula is C31H30ClN3O4. The van der Waals surface area contributed by atoms with Crippen LogP contribution in [0.5, 0.6) is 5.75 Å². The quantitative estimate of drug-likeness (QED) is 0.222.